The van der Waals surface area contributed by atoms with Crippen LogP contribution < -0.4 is 5.32 Å². The lowest BCUT2D eigenvalue weighted by molar-refractivity contribution is 0.189. The Labute approximate surface area is 139 Å². The molecule has 2 aliphatic rings. The van der Waals surface area contributed by atoms with Crippen molar-refractivity contribution in [1.82, 2.24) is 25.3 Å². The largest absolute Gasteiger partial charge is 0.340 e. The zero-order chi connectivity index (χ0) is 16.1. The van der Waals surface area contributed by atoms with Crippen molar-refractivity contribution >= 4 is 0 Å². The minimum atomic E-state index is 0.628. The molecule has 0 saturated carbocycles. The van der Waals surface area contributed by atoms with Gasteiger partial charge in [-0.2, -0.15) is 4.98 Å². The van der Waals surface area contributed by atoms with E-state index in [1.807, 2.05) is 6.92 Å². The normalized spacial score (nSPS) is 27.3. The summed E-state index contributed by atoms with van der Waals surface area (Å²) in [6.07, 6.45) is 6.54. The number of rotatable bonds is 5. The van der Waals surface area contributed by atoms with Gasteiger partial charge in [-0.05, 0) is 71.2 Å². The van der Waals surface area contributed by atoms with Gasteiger partial charge in [0.05, 0.1) is 6.54 Å². The van der Waals surface area contributed by atoms with Gasteiger partial charge in [0.15, 0.2) is 5.82 Å². The lowest BCUT2D eigenvalue weighted by Gasteiger charge is -2.30. The Bertz CT molecular complexity index is 471. The SMILES string of the molecule is Cc1nc(CN(C)C2CCCN(CC3CCCNC3)CC2)no1. The number of aromatic nitrogens is 2. The van der Waals surface area contributed by atoms with Gasteiger partial charge in [-0.25, -0.2) is 0 Å². The van der Waals surface area contributed by atoms with E-state index in [9.17, 15) is 0 Å². The average Bonchev–Trinajstić information content (AvgIpc) is 2.82. The first-order valence-electron chi connectivity index (χ1n) is 9.13. The molecule has 0 aromatic carbocycles. The highest BCUT2D eigenvalue weighted by atomic mass is 16.5. The van der Waals surface area contributed by atoms with E-state index in [2.05, 4.69) is 32.3 Å². The Hall–Kier alpha value is -0.980. The first kappa shape index (κ1) is 16.9. The Morgan fingerprint density at radius 1 is 1.26 bits per heavy atom. The van der Waals surface area contributed by atoms with E-state index in [1.54, 1.807) is 0 Å². The van der Waals surface area contributed by atoms with Gasteiger partial charge in [-0.3, -0.25) is 4.90 Å². The van der Waals surface area contributed by atoms with Gasteiger partial charge >= 0.3 is 0 Å². The van der Waals surface area contributed by atoms with E-state index in [4.69, 9.17) is 4.52 Å². The Morgan fingerprint density at radius 2 is 2.17 bits per heavy atom. The molecular formula is C17H31N5O. The second-order valence-electron chi connectivity index (χ2n) is 7.24. The molecule has 2 fully saturated rings. The van der Waals surface area contributed by atoms with Crippen LogP contribution in [0.4, 0.5) is 0 Å². The van der Waals surface area contributed by atoms with Crippen LogP contribution in [0.15, 0.2) is 4.52 Å². The lowest BCUT2D eigenvalue weighted by atomic mass is 9.99. The van der Waals surface area contributed by atoms with Crippen LogP contribution in [0, 0.1) is 12.8 Å². The smallest absolute Gasteiger partial charge is 0.223 e. The van der Waals surface area contributed by atoms with Crippen LogP contribution in [0.1, 0.15) is 43.8 Å². The minimum absolute atomic E-state index is 0.628. The van der Waals surface area contributed by atoms with Crippen molar-refractivity contribution in [3.8, 4) is 0 Å². The van der Waals surface area contributed by atoms with Crippen molar-refractivity contribution in [3.05, 3.63) is 11.7 Å². The monoisotopic (exact) mass is 321 g/mol. The molecular weight excluding hydrogens is 290 g/mol. The van der Waals surface area contributed by atoms with E-state index in [0.717, 1.165) is 18.3 Å². The first-order chi connectivity index (χ1) is 11.2. The molecule has 1 N–H and O–H groups in total. The highest BCUT2D eigenvalue weighted by Crippen LogP contribution is 2.19. The Balaban J connectivity index is 1.45. The quantitative estimate of drug-likeness (QED) is 0.890. The Morgan fingerprint density at radius 3 is 2.91 bits per heavy atom. The summed E-state index contributed by atoms with van der Waals surface area (Å²) in [5.74, 6) is 2.31. The third-order valence-corrected chi connectivity index (χ3v) is 5.29. The number of likely N-dealkylation sites (tertiary alicyclic amines) is 1. The summed E-state index contributed by atoms with van der Waals surface area (Å²) in [6.45, 7) is 8.79. The first-order valence-corrected chi connectivity index (χ1v) is 9.13. The fourth-order valence-corrected chi connectivity index (χ4v) is 3.96. The van der Waals surface area contributed by atoms with Gasteiger partial charge in [0, 0.05) is 19.5 Å². The van der Waals surface area contributed by atoms with Gasteiger partial charge in [-0.1, -0.05) is 5.16 Å². The van der Waals surface area contributed by atoms with Crippen LogP contribution in [0.25, 0.3) is 0 Å². The maximum absolute atomic E-state index is 5.08. The van der Waals surface area contributed by atoms with Gasteiger partial charge in [0.1, 0.15) is 0 Å². The van der Waals surface area contributed by atoms with Gasteiger partial charge < -0.3 is 14.7 Å². The molecule has 3 rings (SSSR count). The summed E-state index contributed by atoms with van der Waals surface area (Å²) in [6, 6.07) is 0.628. The van der Waals surface area contributed by atoms with E-state index >= 15 is 0 Å². The van der Waals surface area contributed by atoms with Crippen molar-refractivity contribution in [2.45, 2.75) is 51.6 Å². The summed E-state index contributed by atoms with van der Waals surface area (Å²) in [4.78, 5) is 9.41. The van der Waals surface area contributed by atoms with Crippen molar-refractivity contribution in [2.75, 3.05) is 39.8 Å². The number of nitrogens with one attached hydrogen (secondary N) is 1. The maximum atomic E-state index is 5.08. The molecule has 6 nitrogen and oxygen atoms in total. The molecule has 6 heteroatoms. The predicted molar refractivity (Wildman–Crippen MR) is 90.2 cm³/mol. The molecule has 23 heavy (non-hydrogen) atoms. The molecule has 2 saturated heterocycles. The zero-order valence-electron chi connectivity index (χ0n) is 14.6. The minimum Gasteiger partial charge on any atom is -0.340 e. The number of nitrogens with zero attached hydrogens (tertiary/aromatic N) is 4. The molecule has 0 bridgehead atoms. The summed E-state index contributed by atoms with van der Waals surface area (Å²) in [5, 5.41) is 7.56. The van der Waals surface area contributed by atoms with E-state index < -0.39 is 0 Å². The fourth-order valence-electron chi connectivity index (χ4n) is 3.96. The number of hydrogen-bond donors (Lipinski definition) is 1. The molecule has 1 aromatic heterocycles. The average molecular weight is 321 g/mol. The molecule has 2 unspecified atom stereocenters. The third kappa shape index (κ3) is 4.99. The van der Waals surface area contributed by atoms with E-state index in [-0.39, 0.29) is 0 Å². The molecule has 0 spiro atoms. The van der Waals surface area contributed by atoms with Crippen molar-refractivity contribution in [2.24, 2.45) is 5.92 Å². The van der Waals surface area contributed by atoms with Crippen molar-refractivity contribution < 1.29 is 4.52 Å². The second kappa shape index (κ2) is 8.22. The molecule has 2 atom stereocenters. The zero-order valence-corrected chi connectivity index (χ0v) is 14.6. The second-order valence-corrected chi connectivity index (χ2v) is 7.24. The Kier molecular flexibility index (Phi) is 6.02. The standard InChI is InChI=1S/C17H31N5O/c1-14-19-17(20-23-14)13-21(2)16-6-4-9-22(10-7-16)12-15-5-3-8-18-11-15/h15-16,18H,3-13H2,1-2H3. The van der Waals surface area contributed by atoms with Crippen LogP contribution >= 0.6 is 0 Å². The molecule has 130 valence electrons. The molecule has 1 aromatic rings. The van der Waals surface area contributed by atoms with E-state index in [1.165, 1.54) is 64.8 Å². The topological polar surface area (TPSA) is 57.4 Å². The highest BCUT2D eigenvalue weighted by Gasteiger charge is 2.23. The third-order valence-electron chi connectivity index (χ3n) is 5.29. The highest BCUT2D eigenvalue weighted by molar-refractivity contribution is 4.86. The molecule has 3 heterocycles. The lowest BCUT2D eigenvalue weighted by Crippen LogP contribution is -2.39. The summed E-state index contributed by atoms with van der Waals surface area (Å²) >= 11 is 0. The summed E-state index contributed by atoms with van der Waals surface area (Å²) in [7, 11) is 2.19. The maximum Gasteiger partial charge on any atom is 0.223 e. The summed E-state index contributed by atoms with van der Waals surface area (Å²) < 4.78 is 5.08. The number of hydrogen-bond acceptors (Lipinski definition) is 6. The molecule has 0 amide bonds. The van der Waals surface area contributed by atoms with Crippen LogP contribution in [0.2, 0.25) is 0 Å². The number of piperidine rings is 1. The van der Waals surface area contributed by atoms with Gasteiger partial charge in [-0.15, -0.1) is 0 Å². The molecule has 2 aliphatic heterocycles. The fraction of sp³-hybridized carbons (Fsp3) is 0.882. The summed E-state index contributed by atoms with van der Waals surface area (Å²) in [5.41, 5.74) is 0. The number of aryl methyl sites for hydroxylation is 1. The van der Waals surface area contributed by atoms with Crippen LogP contribution in [-0.4, -0.2) is 65.8 Å². The van der Waals surface area contributed by atoms with Gasteiger partial charge in [0.25, 0.3) is 0 Å². The molecule has 0 aliphatic carbocycles. The van der Waals surface area contributed by atoms with Crippen LogP contribution in [-0.2, 0) is 6.54 Å². The van der Waals surface area contributed by atoms with Crippen LogP contribution in [0.3, 0.4) is 0 Å². The predicted octanol–water partition coefficient (Wildman–Crippen LogP) is 1.66. The van der Waals surface area contributed by atoms with Crippen molar-refractivity contribution in [3.63, 3.8) is 0 Å². The van der Waals surface area contributed by atoms with Gasteiger partial charge in [0.2, 0.25) is 5.89 Å². The molecule has 0 radical (unpaired) electrons. The van der Waals surface area contributed by atoms with E-state index in [0.29, 0.717) is 11.9 Å². The van der Waals surface area contributed by atoms with Crippen LogP contribution in [0.5, 0.6) is 0 Å². The van der Waals surface area contributed by atoms with Crippen molar-refractivity contribution in [1.29, 1.82) is 0 Å².